The van der Waals surface area contributed by atoms with Gasteiger partial charge in [0.15, 0.2) is 0 Å². The van der Waals surface area contributed by atoms with Gasteiger partial charge in [0.1, 0.15) is 12.4 Å². The number of hydrogen-bond donors (Lipinski definition) is 2. The average molecular weight is 348 g/mol. The standard InChI is InChI=1S/C18H21N3O2.ClH/c1-21(2)16-5-3-4-13(11-16)18(22)20-15-6-7-17-14(10-15)12-19-8-9-23-17;/h3-7,10-11,19H,8-9,12H2,1-2H3,(H,20,22);1H. The monoisotopic (exact) mass is 347 g/mol. The van der Waals surface area contributed by atoms with Crippen molar-refractivity contribution in [3.05, 3.63) is 53.6 Å². The van der Waals surface area contributed by atoms with Gasteiger partial charge in [-0.15, -0.1) is 12.4 Å². The molecule has 2 aromatic rings. The van der Waals surface area contributed by atoms with Crippen LogP contribution in [0.5, 0.6) is 5.75 Å². The molecule has 0 radical (unpaired) electrons. The number of carbonyl (C=O) groups excluding carboxylic acids is 1. The van der Waals surface area contributed by atoms with Crippen molar-refractivity contribution >= 4 is 29.7 Å². The zero-order valence-corrected chi connectivity index (χ0v) is 14.7. The molecule has 6 heteroatoms. The van der Waals surface area contributed by atoms with Crippen molar-refractivity contribution in [1.82, 2.24) is 5.32 Å². The first-order valence-electron chi connectivity index (χ1n) is 7.69. The largest absolute Gasteiger partial charge is 0.492 e. The minimum Gasteiger partial charge on any atom is -0.492 e. The van der Waals surface area contributed by atoms with Crippen LogP contribution >= 0.6 is 12.4 Å². The van der Waals surface area contributed by atoms with E-state index in [0.29, 0.717) is 12.2 Å². The third-order valence-corrected chi connectivity index (χ3v) is 3.79. The second-order valence-corrected chi connectivity index (χ2v) is 5.75. The molecule has 0 bridgehead atoms. The van der Waals surface area contributed by atoms with Crippen molar-refractivity contribution in [2.24, 2.45) is 0 Å². The lowest BCUT2D eigenvalue weighted by molar-refractivity contribution is 0.102. The summed E-state index contributed by atoms with van der Waals surface area (Å²) in [5.74, 6) is 0.763. The summed E-state index contributed by atoms with van der Waals surface area (Å²) in [4.78, 5) is 14.4. The Bertz CT molecular complexity index is 719. The molecule has 128 valence electrons. The molecule has 0 atom stereocenters. The van der Waals surface area contributed by atoms with Gasteiger partial charge in [0.05, 0.1) is 0 Å². The molecule has 0 saturated carbocycles. The number of rotatable bonds is 3. The summed E-state index contributed by atoms with van der Waals surface area (Å²) in [6, 6.07) is 13.3. The zero-order valence-electron chi connectivity index (χ0n) is 13.8. The van der Waals surface area contributed by atoms with E-state index in [1.165, 1.54) is 0 Å². The van der Waals surface area contributed by atoms with Gasteiger partial charge in [-0.1, -0.05) is 6.07 Å². The fourth-order valence-electron chi connectivity index (χ4n) is 2.52. The normalized spacial score (nSPS) is 12.9. The summed E-state index contributed by atoms with van der Waals surface area (Å²) in [5, 5.41) is 6.25. The summed E-state index contributed by atoms with van der Waals surface area (Å²) in [6.07, 6.45) is 0. The second-order valence-electron chi connectivity index (χ2n) is 5.75. The van der Waals surface area contributed by atoms with E-state index in [2.05, 4.69) is 10.6 Å². The van der Waals surface area contributed by atoms with E-state index in [9.17, 15) is 4.79 Å². The van der Waals surface area contributed by atoms with E-state index in [1.807, 2.05) is 61.5 Å². The fraction of sp³-hybridized carbons (Fsp3) is 0.278. The third kappa shape index (κ3) is 4.19. The molecular weight excluding hydrogens is 326 g/mol. The molecule has 2 aromatic carbocycles. The number of nitrogens with zero attached hydrogens (tertiary/aromatic N) is 1. The van der Waals surface area contributed by atoms with Crippen LogP contribution in [-0.4, -0.2) is 33.2 Å². The number of anilines is 2. The van der Waals surface area contributed by atoms with Gasteiger partial charge in [-0.05, 0) is 36.4 Å². The van der Waals surface area contributed by atoms with Crippen LogP contribution in [0.4, 0.5) is 11.4 Å². The van der Waals surface area contributed by atoms with Gasteiger partial charge in [-0.2, -0.15) is 0 Å². The zero-order chi connectivity index (χ0) is 16.2. The van der Waals surface area contributed by atoms with Gasteiger partial charge < -0.3 is 20.3 Å². The number of carbonyl (C=O) groups is 1. The number of nitrogens with one attached hydrogen (secondary N) is 2. The SMILES string of the molecule is CN(C)c1cccc(C(=O)Nc2ccc3c(c2)CNCCO3)c1.Cl. The van der Waals surface area contributed by atoms with Crippen LogP contribution in [0.15, 0.2) is 42.5 Å². The summed E-state index contributed by atoms with van der Waals surface area (Å²) < 4.78 is 5.65. The number of fused-ring (bicyclic) bond motifs is 1. The predicted molar refractivity (Wildman–Crippen MR) is 99.6 cm³/mol. The van der Waals surface area contributed by atoms with Crippen LogP contribution in [0.3, 0.4) is 0 Å². The topological polar surface area (TPSA) is 53.6 Å². The third-order valence-electron chi connectivity index (χ3n) is 3.79. The molecule has 1 aliphatic rings. The van der Waals surface area contributed by atoms with Crippen molar-refractivity contribution in [3.8, 4) is 5.75 Å². The van der Waals surface area contributed by atoms with Crippen LogP contribution in [0, 0.1) is 0 Å². The molecule has 1 aliphatic heterocycles. The van der Waals surface area contributed by atoms with Crippen molar-refractivity contribution in [1.29, 1.82) is 0 Å². The Morgan fingerprint density at radius 2 is 2.04 bits per heavy atom. The molecule has 1 amide bonds. The lowest BCUT2D eigenvalue weighted by atomic mass is 10.1. The van der Waals surface area contributed by atoms with Gasteiger partial charge in [-0.25, -0.2) is 0 Å². The highest BCUT2D eigenvalue weighted by atomic mass is 35.5. The first-order chi connectivity index (χ1) is 11.1. The summed E-state index contributed by atoms with van der Waals surface area (Å²) in [5.41, 5.74) is 3.47. The summed E-state index contributed by atoms with van der Waals surface area (Å²) in [7, 11) is 3.91. The Morgan fingerprint density at radius 1 is 1.21 bits per heavy atom. The number of halogens is 1. The van der Waals surface area contributed by atoms with E-state index in [1.54, 1.807) is 0 Å². The molecule has 0 fully saturated rings. The van der Waals surface area contributed by atoms with Crippen LogP contribution in [0.25, 0.3) is 0 Å². The molecule has 1 heterocycles. The molecule has 2 N–H and O–H groups in total. The first kappa shape index (κ1) is 18.1. The average Bonchev–Trinajstić information content (AvgIpc) is 2.79. The highest BCUT2D eigenvalue weighted by Gasteiger charge is 2.12. The van der Waals surface area contributed by atoms with Crippen LogP contribution < -0.4 is 20.3 Å². The van der Waals surface area contributed by atoms with Crippen molar-refractivity contribution < 1.29 is 9.53 Å². The molecule has 0 aliphatic carbocycles. The Morgan fingerprint density at radius 3 is 2.83 bits per heavy atom. The van der Waals surface area contributed by atoms with Crippen LogP contribution in [-0.2, 0) is 6.54 Å². The Balaban J connectivity index is 0.00000208. The van der Waals surface area contributed by atoms with E-state index in [0.717, 1.165) is 35.8 Å². The number of amides is 1. The molecule has 3 rings (SSSR count). The number of ether oxygens (including phenoxy) is 1. The maximum absolute atomic E-state index is 12.4. The molecule has 0 spiro atoms. The van der Waals surface area contributed by atoms with E-state index in [4.69, 9.17) is 4.74 Å². The first-order valence-corrected chi connectivity index (χ1v) is 7.69. The van der Waals surface area contributed by atoms with Gasteiger partial charge in [-0.3, -0.25) is 4.79 Å². The van der Waals surface area contributed by atoms with Crippen molar-refractivity contribution in [3.63, 3.8) is 0 Å². The quantitative estimate of drug-likeness (QED) is 0.896. The molecule has 0 aromatic heterocycles. The lowest BCUT2D eigenvalue weighted by Gasteiger charge is -2.14. The number of hydrogen-bond acceptors (Lipinski definition) is 4. The molecule has 5 nitrogen and oxygen atoms in total. The van der Waals surface area contributed by atoms with E-state index < -0.39 is 0 Å². The molecule has 0 saturated heterocycles. The van der Waals surface area contributed by atoms with Gasteiger partial charge in [0.25, 0.3) is 5.91 Å². The van der Waals surface area contributed by atoms with E-state index in [-0.39, 0.29) is 18.3 Å². The van der Waals surface area contributed by atoms with Gasteiger partial charge in [0, 0.05) is 49.7 Å². The second kappa shape index (κ2) is 8.04. The molecular formula is C18H22ClN3O2. The van der Waals surface area contributed by atoms with Crippen LogP contribution in [0.2, 0.25) is 0 Å². The smallest absolute Gasteiger partial charge is 0.255 e. The van der Waals surface area contributed by atoms with Gasteiger partial charge in [0.2, 0.25) is 0 Å². The lowest BCUT2D eigenvalue weighted by Crippen LogP contribution is -2.16. The Labute approximate surface area is 148 Å². The Hall–Kier alpha value is -2.24. The van der Waals surface area contributed by atoms with Crippen LogP contribution in [0.1, 0.15) is 15.9 Å². The number of benzene rings is 2. The summed E-state index contributed by atoms with van der Waals surface area (Å²) in [6.45, 7) is 2.24. The maximum atomic E-state index is 12.4. The molecule has 0 unspecified atom stereocenters. The predicted octanol–water partition coefficient (Wildman–Crippen LogP) is 2.91. The minimum atomic E-state index is -0.115. The van der Waals surface area contributed by atoms with E-state index >= 15 is 0 Å². The fourth-order valence-corrected chi connectivity index (χ4v) is 2.52. The highest BCUT2D eigenvalue weighted by Crippen LogP contribution is 2.24. The Kier molecular flexibility index (Phi) is 6.06. The van der Waals surface area contributed by atoms with Gasteiger partial charge >= 0.3 is 0 Å². The highest BCUT2D eigenvalue weighted by molar-refractivity contribution is 6.04. The minimum absolute atomic E-state index is 0. The maximum Gasteiger partial charge on any atom is 0.255 e. The summed E-state index contributed by atoms with van der Waals surface area (Å²) >= 11 is 0. The van der Waals surface area contributed by atoms with Crippen molar-refractivity contribution in [2.75, 3.05) is 37.5 Å². The molecule has 24 heavy (non-hydrogen) atoms. The van der Waals surface area contributed by atoms with Crippen molar-refractivity contribution in [2.45, 2.75) is 6.54 Å².